The Bertz CT molecular complexity index is 954. The van der Waals surface area contributed by atoms with E-state index < -0.39 is 0 Å². The van der Waals surface area contributed by atoms with E-state index in [1.807, 2.05) is 22.9 Å². The van der Waals surface area contributed by atoms with E-state index in [2.05, 4.69) is 25.9 Å². The Hall–Kier alpha value is -2.32. The number of nitrogens with zero attached hydrogens (tertiary/aromatic N) is 4. The number of nitrogens with one attached hydrogen (secondary N) is 2. The fourth-order valence-electron chi connectivity index (χ4n) is 3.35. The molecule has 0 spiro atoms. The summed E-state index contributed by atoms with van der Waals surface area (Å²) < 4.78 is 2.94. The van der Waals surface area contributed by atoms with Crippen LogP contribution in [0.25, 0.3) is 10.2 Å². The maximum atomic E-state index is 12.5. The fraction of sp³-hybridized carbons (Fsp3) is 0.444. The predicted molar refractivity (Wildman–Crippen MR) is 101 cm³/mol. The number of rotatable bonds is 4. The molecule has 2 aliphatic rings. The monoisotopic (exact) mass is 368 g/mol. The minimum Gasteiger partial charge on any atom is -0.320 e. The van der Waals surface area contributed by atoms with Crippen molar-refractivity contribution >= 4 is 33.1 Å². The topological polar surface area (TPSA) is 84.7 Å². The van der Waals surface area contributed by atoms with Crippen LogP contribution in [0.3, 0.4) is 0 Å². The Morgan fingerprint density at radius 3 is 2.88 bits per heavy atom. The number of anilines is 1. The van der Waals surface area contributed by atoms with Crippen LogP contribution in [0.1, 0.15) is 53.1 Å². The Morgan fingerprint density at radius 2 is 2.08 bits per heavy atom. The third-order valence-electron chi connectivity index (χ3n) is 5.02. The molecule has 1 aromatic carbocycles. The van der Waals surface area contributed by atoms with E-state index in [9.17, 15) is 4.79 Å². The van der Waals surface area contributed by atoms with Gasteiger partial charge in [-0.3, -0.25) is 4.79 Å². The SMILES string of the molecule is O=C(Nc1ccc2nc(C3CC3)sc2c1)c1cn(C2CCNCC2)nn1. The van der Waals surface area contributed by atoms with Crippen molar-refractivity contribution in [3.63, 3.8) is 0 Å². The van der Waals surface area contributed by atoms with E-state index in [0.717, 1.165) is 41.8 Å². The van der Waals surface area contributed by atoms with E-state index in [1.165, 1.54) is 17.8 Å². The Labute approximate surface area is 154 Å². The van der Waals surface area contributed by atoms with E-state index in [-0.39, 0.29) is 5.91 Å². The molecule has 3 aromatic rings. The highest BCUT2D eigenvalue weighted by Gasteiger charge is 2.27. The standard InChI is InChI=1S/C18H20N6OS/c25-17(15-10-24(23-22-15)13-5-7-19-8-6-13)20-12-3-4-14-16(9-12)26-18(21-14)11-1-2-11/h3-4,9-11,13,19H,1-2,5-8H2,(H,20,25). The first-order valence-electron chi connectivity index (χ1n) is 9.11. The van der Waals surface area contributed by atoms with Crippen molar-refractivity contribution in [2.75, 3.05) is 18.4 Å². The second-order valence-electron chi connectivity index (χ2n) is 7.03. The highest BCUT2D eigenvalue weighted by molar-refractivity contribution is 7.18. The molecule has 0 unspecified atom stereocenters. The molecule has 2 N–H and O–H groups in total. The van der Waals surface area contributed by atoms with Gasteiger partial charge in [-0.25, -0.2) is 9.67 Å². The Balaban J connectivity index is 1.31. The van der Waals surface area contributed by atoms with E-state index in [1.54, 1.807) is 17.5 Å². The second kappa shape index (κ2) is 6.44. The zero-order valence-electron chi connectivity index (χ0n) is 14.3. The summed E-state index contributed by atoms with van der Waals surface area (Å²) in [6.45, 7) is 1.95. The molecule has 0 atom stereocenters. The van der Waals surface area contributed by atoms with Gasteiger partial charge in [0.15, 0.2) is 5.69 Å². The van der Waals surface area contributed by atoms with Gasteiger partial charge in [-0.2, -0.15) is 0 Å². The third-order valence-corrected chi connectivity index (χ3v) is 6.20. The maximum absolute atomic E-state index is 12.5. The first-order chi connectivity index (χ1) is 12.8. The number of piperidine rings is 1. The van der Waals surface area contributed by atoms with Crippen LogP contribution < -0.4 is 10.6 Å². The van der Waals surface area contributed by atoms with Crippen molar-refractivity contribution in [2.24, 2.45) is 0 Å². The molecule has 0 bridgehead atoms. The molecule has 134 valence electrons. The molecule has 1 saturated carbocycles. The summed E-state index contributed by atoms with van der Waals surface area (Å²) in [5, 5.41) is 15.7. The van der Waals surface area contributed by atoms with Gasteiger partial charge in [-0.05, 0) is 57.0 Å². The molecule has 2 aromatic heterocycles. The van der Waals surface area contributed by atoms with Crippen LogP contribution in [0.15, 0.2) is 24.4 Å². The lowest BCUT2D eigenvalue weighted by Crippen LogP contribution is -2.29. The summed E-state index contributed by atoms with van der Waals surface area (Å²) in [4.78, 5) is 17.2. The summed E-state index contributed by atoms with van der Waals surface area (Å²) in [7, 11) is 0. The van der Waals surface area contributed by atoms with Crippen molar-refractivity contribution in [2.45, 2.75) is 37.6 Å². The quantitative estimate of drug-likeness (QED) is 0.740. The summed E-state index contributed by atoms with van der Waals surface area (Å²) in [6, 6.07) is 6.18. The minimum absolute atomic E-state index is 0.225. The molecular formula is C18H20N6OS. The number of carbonyl (C=O) groups excluding carboxylic acids is 1. The number of hydrogen-bond acceptors (Lipinski definition) is 6. The van der Waals surface area contributed by atoms with Gasteiger partial charge in [0.2, 0.25) is 0 Å². The normalized spacial score (nSPS) is 18.3. The summed E-state index contributed by atoms with van der Waals surface area (Å²) in [5.41, 5.74) is 2.13. The lowest BCUT2D eigenvalue weighted by Gasteiger charge is -2.22. The van der Waals surface area contributed by atoms with Crippen molar-refractivity contribution in [3.05, 3.63) is 35.1 Å². The lowest BCUT2D eigenvalue weighted by molar-refractivity contribution is 0.102. The molecule has 0 radical (unpaired) electrons. The number of benzene rings is 1. The molecule has 1 aliphatic heterocycles. The van der Waals surface area contributed by atoms with E-state index in [4.69, 9.17) is 0 Å². The molecule has 1 amide bonds. The van der Waals surface area contributed by atoms with Crippen LogP contribution in [-0.4, -0.2) is 39.0 Å². The van der Waals surface area contributed by atoms with Crippen LogP contribution >= 0.6 is 11.3 Å². The Morgan fingerprint density at radius 1 is 1.23 bits per heavy atom. The molecule has 1 saturated heterocycles. The van der Waals surface area contributed by atoms with Crippen LogP contribution in [0.4, 0.5) is 5.69 Å². The molecule has 3 heterocycles. The van der Waals surface area contributed by atoms with Gasteiger partial charge in [0, 0.05) is 11.6 Å². The second-order valence-corrected chi connectivity index (χ2v) is 8.09. The lowest BCUT2D eigenvalue weighted by atomic mass is 10.1. The number of hydrogen-bond donors (Lipinski definition) is 2. The summed E-state index contributed by atoms with van der Waals surface area (Å²) >= 11 is 1.73. The summed E-state index contributed by atoms with van der Waals surface area (Å²) in [6.07, 6.45) is 6.26. The van der Waals surface area contributed by atoms with Crippen LogP contribution in [-0.2, 0) is 0 Å². The zero-order chi connectivity index (χ0) is 17.5. The third kappa shape index (κ3) is 3.10. The van der Waals surface area contributed by atoms with Crippen LogP contribution in [0, 0.1) is 0 Å². The largest absolute Gasteiger partial charge is 0.320 e. The molecular weight excluding hydrogens is 348 g/mol. The maximum Gasteiger partial charge on any atom is 0.277 e. The molecule has 2 fully saturated rings. The van der Waals surface area contributed by atoms with Crippen LogP contribution in [0.2, 0.25) is 0 Å². The van der Waals surface area contributed by atoms with Crippen LogP contribution in [0.5, 0.6) is 0 Å². The van der Waals surface area contributed by atoms with E-state index >= 15 is 0 Å². The van der Waals surface area contributed by atoms with Gasteiger partial charge in [-0.1, -0.05) is 5.21 Å². The molecule has 5 rings (SSSR count). The minimum atomic E-state index is -0.225. The highest BCUT2D eigenvalue weighted by atomic mass is 32.1. The van der Waals surface area contributed by atoms with Gasteiger partial charge in [-0.15, -0.1) is 16.4 Å². The van der Waals surface area contributed by atoms with Gasteiger partial charge in [0.1, 0.15) is 0 Å². The van der Waals surface area contributed by atoms with Gasteiger partial charge in [0.05, 0.1) is 27.5 Å². The molecule has 8 heteroatoms. The zero-order valence-corrected chi connectivity index (χ0v) is 15.1. The number of thiazole rings is 1. The van der Waals surface area contributed by atoms with Crippen molar-refractivity contribution < 1.29 is 4.79 Å². The Kier molecular flexibility index (Phi) is 3.94. The van der Waals surface area contributed by atoms with Crippen molar-refractivity contribution in [1.29, 1.82) is 0 Å². The van der Waals surface area contributed by atoms with Gasteiger partial charge >= 0.3 is 0 Å². The van der Waals surface area contributed by atoms with Crippen molar-refractivity contribution in [3.8, 4) is 0 Å². The van der Waals surface area contributed by atoms with Crippen molar-refractivity contribution in [1.82, 2.24) is 25.3 Å². The average molecular weight is 368 g/mol. The molecule has 7 nitrogen and oxygen atoms in total. The van der Waals surface area contributed by atoms with E-state index in [0.29, 0.717) is 17.7 Å². The number of aromatic nitrogens is 4. The summed E-state index contributed by atoms with van der Waals surface area (Å²) in [5.74, 6) is 0.423. The number of carbonyl (C=O) groups is 1. The molecule has 26 heavy (non-hydrogen) atoms. The highest BCUT2D eigenvalue weighted by Crippen LogP contribution is 2.43. The fourth-order valence-corrected chi connectivity index (χ4v) is 4.53. The van der Waals surface area contributed by atoms with Gasteiger partial charge in [0.25, 0.3) is 5.91 Å². The average Bonchev–Trinajstić information content (AvgIpc) is 3.24. The first-order valence-corrected chi connectivity index (χ1v) is 9.92. The molecule has 1 aliphatic carbocycles. The number of amides is 1. The predicted octanol–water partition coefficient (Wildman–Crippen LogP) is 2.94. The smallest absolute Gasteiger partial charge is 0.277 e. The van der Waals surface area contributed by atoms with Gasteiger partial charge < -0.3 is 10.6 Å². The first kappa shape index (κ1) is 15.9. The number of fused-ring (bicyclic) bond motifs is 1.